The molecule has 1 saturated carbocycles. The molecule has 0 bridgehead atoms. The molecule has 200 valence electrons. The number of rotatable bonds is 9. The number of carbonyl (C=O) groups is 2. The summed E-state index contributed by atoms with van der Waals surface area (Å²) >= 11 is 0. The first-order valence-corrected chi connectivity index (χ1v) is 13.6. The van der Waals surface area contributed by atoms with Crippen LogP contribution in [-0.4, -0.2) is 54.8 Å². The molecule has 4 rings (SSSR count). The summed E-state index contributed by atoms with van der Waals surface area (Å²) in [4.78, 5) is 36.9. The number of aryl methyl sites for hydroxylation is 1. The molecule has 3 N–H and O–H groups in total. The molecule has 9 nitrogen and oxygen atoms in total. The van der Waals surface area contributed by atoms with Crippen LogP contribution in [0.1, 0.15) is 79.9 Å². The number of amides is 2. The lowest BCUT2D eigenvalue weighted by Crippen LogP contribution is -2.42. The number of esters is 1. The van der Waals surface area contributed by atoms with Gasteiger partial charge >= 0.3 is 12.0 Å². The van der Waals surface area contributed by atoms with Crippen molar-refractivity contribution in [2.24, 2.45) is 0 Å². The average Bonchev–Trinajstić information content (AvgIpc) is 2.89. The number of hydrogen-bond acceptors (Lipinski definition) is 7. The van der Waals surface area contributed by atoms with Crippen LogP contribution in [0.15, 0.2) is 24.3 Å². The molecule has 2 amide bonds. The Bertz CT molecular complexity index is 1080. The van der Waals surface area contributed by atoms with Gasteiger partial charge in [0.1, 0.15) is 5.82 Å². The number of urea groups is 1. The number of benzene rings is 1. The van der Waals surface area contributed by atoms with E-state index in [4.69, 9.17) is 14.7 Å². The van der Waals surface area contributed by atoms with Gasteiger partial charge in [0.25, 0.3) is 0 Å². The SMILES string of the molecule is CCCCOC(=O)c1ccccc1NC(=O)N[C@H]1CC[C@@H](Nc2nc3c(c(N(C)C)n2)CCCC3)CC1. The van der Waals surface area contributed by atoms with E-state index in [0.29, 0.717) is 23.8 Å². The maximum absolute atomic E-state index is 12.7. The maximum atomic E-state index is 12.7. The highest BCUT2D eigenvalue weighted by Gasteiger charge is 2.25. The standard InChI is InChI=1S/C28H40N6O3/c1-4-5-18-37-26(35)22-11-7-9-13-24(22)32-28(36)30-20-16-14-19(15-17-20)29-27-31-23-12-8-6-10-21(23)25(33-27)34(2)3/h7,9,11,13,19-20H,4-6,8,10,12,14-18H2,1-3H3,(H,29,31,33)(H2,30,32,36)/t19-,20+. The lowest BCUT2D eigenvalue weighted by Gasteiger charge is -2.30. The van der Waals surface area contributed by atoms with Crippen LogP contribution in [0.2, 0.25) is 0 Å². The number of ether oxygens (including phenoxy) is 1. The maximum Gasteiger partial charge on any atom is 0.340 e. The molecular weight excluding hydrogens is 468 g/mol. The number of para-hydroxylation sites is 1. The molecular formula is C28H40N6O3. The average molecular weight is 509 g/mol. The number of anilines is 3. The van der Waals surface area contributed by atoms with Crippen molar-refractivity contribution in [1.29, 1.82) is 0 Å². The fraction of sp³-hybridized carbons (Fsp3) is 0.571. The number of unbranched alkanes of at least 4 members (excludes halogenated alkanes) is 1. The van der Waals surface area contributed by atoms with Crippen molar-refractivity contribution in [2.75, 3.05) is 36.2 Å². The quantitative estimate of drug-likeness (QED) is 0.326. The number of fused-ring (bicyclic) bond motifs is 1. The highest BCUT2D eigenvalue weighted by Crippen LogP contribution is 2.29. The number of nitrogens with zero attached hydrogens (tertiary/aromatic N) is 3. The fourth-order valence-corrected chi connectivity index (χ4v) is 5.07. The van der Waals surface area contributed by atoms with Gasteiger partial charge in [0.05, 0.1) is 23.6 Å². The molecule has 2 aromatic rings. The molecule has 9 heteroatoms. The largest absolute Gasteiger partial charge is 0.462 e. The van der Waals surface area contributed by atoms with Gasteiger partial charge in [-0.1, -0.05) is 25.5 Å². The fourth-order valence-electron chi connectivity index (χ4n) is 5.07. The lowest BCUT2D eigenvalue weighted by atomic mass is 9.91. The Kier molecular flexibility index (Phi) is 9.19. The summed E-state index contributed by atoms with van der Waals surface area (Å²) < 4.78 is 5.32. The molecule has 0 unspecified atom stereocenters. The van der Waals surface area contributed by atoms with Crippen LogP contribution in [0.4, 0.5) is 22.2 Å². The normalized spacial score (nSPS) is 18.9. The number of nitrogens with one attached hydrogen (secondary N) is 3. The number of carbonyl (C=O) groups excluding carboxylic acids is 2. The molecule has 1 aromatic heterocycles. The van der Waals surface area contributed by atoms with Gasteiger partial charge in [0.2, 0.25) is 5.95 Å². The molecule has 37 heavy (non-hydrogen) atoms. The van der Waals surface area contributed by atoms with Crippen molar-refractivity contribution < 1.29 is 14.3 Å². The summed E-state index contributed by atoms with van der Waals surface area (Å²) in [6, 6.07) is 6.99. The van der Waals surface area contributed by atoms with Crippen LogP contribution in [0.3, 0.4) is 0 Å². The van der Waals surface area contributed by atoms with Gasteiger partial charge in [-0.3, -0.25) is 0 Å². The second-order valence-corrected chi connectivity index (χ2v) is 10.2. The highest BCUT2D eigenvalue weighted by molar-refractivity contribution is 6.00. The van der Waals surface area contributed by atoms with Crippen molar-refractivity contribution in [3.63, 3.8) is 0 Å². The predicted octanol–water partition coefficient (Wildman–Crippen LogP) is 4.92. The first-order valence-electron chi connectivity index (χ1n) is 13.6. The van der Waals surface area contributed by atoms with Gasteiger partial charge in [-0.15, -0.1) is 0 Å². The molecule has 0 aliphatic heterocycles. The summed E-state index contributed by atoms with van der Waals surface area (Å²) in [5.41, 5.74) is 3.28. The van der Waals surface area contributed by atoms with Gasteiger partial charge < -0.3 is 25.6 Å². The van der Waals surface area contributed by atoms with Crippen LogP contribution >= 0.6 is 0 Å². The zero-order valence-electron chi connectivity index (χ0n) is 22.3. The Balaban J connectivity index is 1.28. The molecule has 0 spiro atoms. The zero-order chi connectivity index (χ0) is 26.2. The molecule has 0 atom stereocenters. The van der Waals surface area contributed by atoms with E-state index in [1.807, 2.05) is 21.0 Å². The Morgan fingerprint density at radius 2 is 1.76 bits per heavy atom. The Hall–Kier alpha value is -3.36. The van der Waals surface area contributed by atoms with E-state index in [2.05, 4.69) is 20.9 Å². The van der Waals surface area contributed by atoms with Gasteiger partial charge in [0.15, 0.2) is 0 Å². The summed E-state index contributed by atoms with van der Waals surface area (Å²) in [6.45, 7) is 2.42. The van der Waals surface area contributed by atoms with Gasteiger partial charge in [-0.05, 0) is 69.9 Å². The summed E-state index contributed by atoms with van der Waals surface area (Å²) in [5.74, 6) is 1.31. The third kappa shape index (κ3) is 7.11. The van der Waals surface area contributed by atoms with Crippen LogP contribution in [0.25, 0.3) is 0 Å². The van der Waals surface area contributed by atoms with E-state index in [1.54, 1.807) is 24.3 Å². The van der Waals surface area contributed by atoms with E-state index < -0.39 is 5.97 Å². The Morgan fingerprint density at radius 1 is 1.03 bits per heavy atom. The molecule has 0 radical (unpaired) electrons. The van der Waals surface area contributed by atoms with Crippen molar-refractivity contribution >= 4 is 29.5 Å². The lowest BCUT2D eigenvalue weighted by molar-refractivity contribution is 0.0501. The van der Waals surface area contributed by atoms with Crippen molar-refractivity contribution in [3.8, 4) is 0 Å². The molecule has 1 fully saturated rings. The monoisotopic (exact) mass is 508 g/mol. The Morgan fingerprint density at radius 3 is 2.51 bits per heavy atom. The van der Waals surface area contributed by atoms with E-state index in [-0.39, 0.29) is 18.1 Å². The third-order valence-corrected chi connectivity index (χ3v) is 7.11. The van der Waals surface area contributed by atoms with E-state index in [1.165, 1.54) is 24.1 Å². The van der Waals surface area contributed by atoms with Crippen LogP contribution < -0.4 is 20.9 Å². The van der Waals surface area contributed by atoms with E-state index in [9.17, 15) is 9.59 Å². The van der Waals surface area contributed by atoms with Crippen LogP contribution in [0, 0.1) is 0 Å². The molecule has 1 heterocycles. The molecule has 1 aromatic carbocycles. The van der Waals surface area contributed by atoms with Gasteiger partial charge in [-0.2, -0.15) is 4.98 Å². The first-order chi connectivity index (χ1) is 17.9. The second kappa shape index (κ2) is 12.7. The number of hydrogen-bond donors (Lipinski definition) is 3. The first kappa shape index (κ1) is 26.7. The van der Waals surface area contributed by atoms with Gasteiger partial charge in [-0.25, -0.2) is 14.6 Å². The van der Waals surface area contributed by atoms with Crippen molar-refractivity contribution in [2.45, 2.75) is 83.2 Å². The zero-order valence-corrected chi connectivity index (χ0v) is 22.3. The molecule has 2 aliphatic rings. The minimum atomic E-state index is -0.419. The van der Waals surface area contributed by atoms with Crippen molar-refractivity contribution in [1.82, 2.24) is 15.3 Å². The second-order valence-electron chi connectivity index (χ2n) is 10.2. The number of aromatic nitrogens is 2. The van der Waals surface area contributed by atoms with Crippen LogP contribution in [-0.2, 0) is 17.6 Å². The summed E-state index contributed by atoms with van der Waals surface area (Å²) in [7, 11) is 4.08. The highest BCUT2D eigenvalue weighted by atomic mass is 16.5. The molecule has 0 saturated heterocycles. The topological polar surface area (TPSA) is 108 Å². The van der Waals surface area contributed by atoms with Gasteiger partial charge in [0, 0.05) is 31.7 Å². The minimum absolute atomic E-state index is 0.0727. The summed E-state index contributed by atoms with van der Waals surface area (Å²) in [6.07, 6.45) is 9.76. The predicted molar refractivity (Wildman–Crippen MR) is 146 cm³/mol. The van der Waals surface area contributed by atoms with E-state index in [0.717, 1.165) is 57.2 Å². The molecule has 2 aliphatic carbocycles. The van der Waals surface area contributed by atoms with E-state index >= 15 is 0 Å². The van der Waals surface area contributed by atoms with Crippen LogP contribution in [0.5, 0.6) is 0 Å². The minimum Gasteiger partial charge on any atom is -0.462 e. The summed E-state index contributed by atoms with van der Waals surface area (Å²) in [5, 5.41) is 9.45. The third-order valence-electron chi connectivity index (χ3n) is 7.11. The smallest absolute Gasteiger partial charge is 0.340 e. The Labute approximate surface area is 219 Å². The van der Waals surface area contributed by atoms with Crippen molar-refractivity contribution in [3.05, 3.63) is 41.1 Å².